The quantitative estimate of drug-likeness (QED) is 0.308. The van der Waals surface area contributed by atoms with Crippen LogP contribution in [0.15, 0.2) is 36.1 Å². The van der Waals surface area contributed by atoms with Gasteiger partial charge in [-0.25, -0.2) is 9.59 Å². The van der Waals surface area contributed by atoms with Gasteiger partial charge in [0.05, 0.1) is 30.6 Å². The number of carbonyl (C=O) groups excluding carboxylic acids is 2. The fraction of sp³-hybridized carbons (Fsp3) is 0.583. The largest absolute Gasteiger partial charge is 0.508 e. The van der Waals surface area contributed by atoms with E-state index in [2.05, 4.69) is 0 Å². The van der Waals surface area contributed by atoms with Gasteiger partial charge >= 0.3 is 11.9 Å². The number of aliphatic hydroxyl groups is 4. The second kappa shape index (κ2) is 10.7. The van der Waals surface area contributed by atoms with Crippen LogP contribution >= 0.6 is 0 Å². The van der Waals surface area contributed by atoms with Crippen LogP contribution in [0, 0.1) is 17.8 Å². The minimum absolute atomic E-state index is 0.0669. The maximum Gasteiger partial charge on any atom is 0.338 e. The number of ether oxygens (including phenoxy) is 5. The Morgan fingerprint density at radius 3 is 2.50 bits per heavy atom. The summed E-state index contributed by atoms with van der Waals surface area (Å²) in [6.07, 6.45) is -8.05. The number of hydrogen-bond donors (Lipinski definition) is 5. The number of esters is 2. The van der Waals surface area contributed by atoms with E-state index in [0.717, 1.165) is 0 Å². The number of methoxy groups -OCH3 is 1. The van der Waals surface area contributed by atoms with Gasteiger partial charge in [-0.15, -0.1) is 0 Å². The zero-order valence-electron chi connectivity index (χ0n) is 19.7. The summed E-state index contributed by atoms with van der Waals surface area (Å²) in [5, 5.41) is 51.2. The molecule has 0 bridgehead atoms. The molecule has 1 saturated carbocycles. The van der Waals surface area contributed by atoms with Gasteiger partial charge in [0.2, 0.25) is 6.29 Å². The van der Waals surface area contributed by atoms with Crippen molar-refractivity contribution in [2.75, 3.05) is 13.7 Å². The lowest BCUT2D eigenvalue weighted by Gasteiger charge is -2.43. The second-order valence-electron chi connectivity index (χ2n) is 9.21. The van der Waals surface area contributed by atoms with Crippen LogP contribution in [0.5, 0.6) is 5.75 Å². The number of fused-ring (bicyclic) bond motifs is 1. The number of hydrogen-bond acceptors (Lipinski definition) is 12. The summed E-state index contributed by atoms with van der Waals surface area (Å²) < 4.78 is 27.1. The summed E-state index contributed by atoms with van der Waals surface area (Å²) >= 11 is 0. The van der Waals surface area contributed by atoms with Crippen LogP contribution in [0.2, 0.25) is 0 Å². The zero-order chi connectivity index (χ0) is 26.1. The fourth-order valence-electron chi connectivity index (χ4n) is 4.96. The summed E-state index contributed by atoms with van der Waals surface area (Å²) in [6.45, 7) is 1.29. The lowest BCUT2D eigenvalue weighted by Crippen LogP contribution is -2.60. The molecule has 0 unspecified atom stereocenters. The van der Waals surface area contributed by atoms with Crippen LogP contribution in [0.4, 0.5) is 0 Å². The van der Waals surface area contributed by atoms with E-state index in [1.54, 1.807) is 6.92 Å². The van der Waals surface area contributed by atoms with Gasteiger partial charge in [-0.3, -0.25) is 0 Å². The third-order valence-electron chi connectivity index (χ3n) is 7.04. The van der Waals surface area contributed by atoms with Gasteiger partial charge in [-0.1, -0.05) is 13.0 Å². The first-order valence-corrected chi connectivity index (χ1v) is 11.6. The van der Waals surface area contributed by atoms with Gasteiger partial charge in [-0.2, -0.15) is 0 Å². The van der Waals surface area contributed by atoms with Crippen LogP contribution in [0.3, 0.4) is 0 Å². The van der Waals surface area contributed by atoms with Gasteiger partial charge in [0.25, 0.3) is 0 Å². The number of rotatable bonds is 6. The highest BCUT2D eigenvalue weighted by Crippen LogP contribution is 2.47. The van der Waals surface area contributed by atoms with Crippen molar-refractivity contribution in [3.63, 3.8) is 0 Å². The second-order valence-corrected chi connectivity index (χ2v) is 9.21. The van der Waals surface area contributed by atoms with E-state index < -0.39 is 73.5 Å². The fourth-order valence-corrected chi connectivity index (χ4v) is 4.96. The number of aliphatic hydroxyl groups excluding tert-OH is 4. The first kappa shape index (κ1) is 26.3. The van der Waals surface area contributed by atoms with E-state index >= 15 is 0 Å². The van der Waals surface area contributed by atoms with Crippen molar-refractivity contribution in [2.45, 2.75) is 56.4 Å². The molecule has 1 saturated heterocycles. The van der Waals surface area contributed by atoms with E-state index in [0.29, 0.717) is 0 Å². The summed E-state index contributed by atoms with van der Waals surface area (Å²) in [5.74, 6) is -2.80. The molecule has 12 nitrogen and oxygen atoms in total. The lowest BCUT2D eigenvalue weighted by atomic mass is 9.83. The highest BCUT2D eigenvalue weighted by molar-refractivity contribution is 5.90. The standard InChI is InChI=1S/C24H30O12/c1-10-15(26)7-13-14(22(31)32-2)8-34-23(17(10)13)36-24-20(29)19(28)18(27)16(35-24)9-33-21(30)11-4-3-5-12(25)6-11/h3-6,8,10,13,15-20,23-29H,7,9H2,1-2H3/t10-,13+,15-,16-,17-,18+,19+,20-,23-,24+/m1/s1. The van der Waals surface area contributed by atoms with Gasteiger partial charge in [0.1, 0.15) is 36.8 Å². The highest BCUT2D eigenvalue weighted by Gasteiger charge is 2.53. The molecule has 36 heavy (non-hydrogen) atoms. The van der Waals surface area contributed by atoms with Crippen molar-refractivity contribution in [2.24, 2.45) is 17.8 Å². The smallest absolute Gasteiger partial charge is 0.338 e. The van der Waals surface area contributed by atoms with Gasteiger partial charge in [-0.05, 0) is 30.5 Å². The van der Waals surface area contributed by atoms with Gasteiger partial charge in [0.15, 0.2) is 6.29 Å². The predicted octanol–water partition coefficient (Wildman–Crippen LogP) is -0.581. The van der Waals surface area contributed by atoms with E-state index in [9.17, 15) is 35.1 Å². The molecule has 1 aromatic rings. The van der Waals surface area contributed by atoms with Crippen molar-refractivity contribution in [3.8, 4) is 5.75 Å². The molecule has 5 N–H and O–H groups in total. The molecule has 0 aromatic heterocycles. The first-order valence-electron chi connectivity index (χ1n) is 11.6. The normalized spacial score (nSPS) is 37.9. The van der Waals surface area contributed by atoms with E-state index in [1.807, 2.05) is 0 Å². The topological polar surface area (TPSA) is 181 Å². The lowest BCUT2D eigenvalue weighted by molar-refractivity contribution is -0.342. The SMILES string of the molecule is COC(=O)C1=CO[C@H](O[C@@H]2O[C@H](COC(=O)c3cccc(O)c3)[C@H](O)[C@H](O)[C@H]2O)[C@@H]2[C@H](C)[C@H](O)C[C@@H]12. The Morgan fingerprint density at radius 1 is 1.06 bits per heavy atom. The maximum absolute atomic E-state index is 12.3. The van der Waals surface area contributed by atoms with Crippen molar-refractivity contribution < 1.29 is 58.8 Å². The molecule has 0 radical (unpaired) electrons. The molecule has 1 aliphatic carbocycles. The Bertz CT molecular complexity index is 995. The van der Waals surface area contributed by atoms with Crippen LogP contribution in [0.25, 0.3) is 0 Å². The van der Waals surface area contributed by atoms with Crippen LogP contribution in [-0.2, 0) is 28.5 Å². The molecular formula is C24H30O12. The Balaban J connectivity index is 1.46. The highest BCUT2D eigenvalue weighted by atomic mass is 16.8. The van der Waals surface area contributed by atoms with E-state index in [1.165, 1.54) is 37.6 Å². The van der Waals surface area contributed by atoms with Crippen molar-refractivity contribution >= 4 is 11.9 Å². The summed E-state index contributed by atoms with van der Waals surface area (Å²) in [7, 11) is 1.24. The average Bonchev–Trinajstić information content (AvgIpc) is 3.17. The molecule has 1 aromatic carbocycles. The Labute approximate surface area is 206 Å². The van der Waals surface area contributed by atoms with Crippen LogP contribution in [0.1, 0.15) is 23.7 Å². The van der Waals surface area contributed by atoms with Gasteiger partial charge < -0.3 is 49.2 Å². The Morgan fingerprint density at radius 2 is 1.81 bits per heavy atom. The molecule has 2 heterocycles. The maximum atomic E-state index is 12.3. The molecule has 0 spiro atoms. The monoisotopic (exact) mass is 510 g/mol. The van der Waals surface area contributed by atoms with Crippen LogP contribution < -0.4 is 0 Å². The third-order valence-corrected chi connectivity index (χ3v) is 7.04. The average molecular weight is 510 g/mol. The number of phenols is 1. The molecule has 2 fully saturated rings. The van der Waals surface area contributed by atoms with Crippen molar-refractivity contribution in [1.29, 1.82) is 0 Å². The van der Waals surface area contributed by atoms with E-state index in [-0.39, 0.29) is 29.2 Å². The molecule has 12 heteroatoms. The first-order chi connectivity index (χ1) is 17.1. The third kappa shape index (κ3) is 5.05. The number of benzene rings is 1. The van der Waals surface area contributed by atoms with Crippen LogP contribution in [-0.4, -0.2) is 94.3 Å². The molecule has 0 amide bonds. The number of phenolic OH excluding ortho intramolecular Hbond substituents is 1. The molecule has 10 atom stereocenters. The summed E-state index contributed by atoms with van der Waals surface area (Å²) in [6, 6.07) is 5.47. The van der Waals surface area contributed by atoms with E-state index in [4.69, 9.17) is 23.7 Å². The molecule has 2 aliphatic heterocycles. The molecule has 3 aliphatic rings. The Hall–Kier alpha value is -2.74. The minimum atomic E-state index is -1.69. The molecule has 4 rings (SSSR count). The van der Waals surface area contributed by atoms with Crippen molar-refractivity contribution in [3.05, 3.63) is 41.7 Å². The predicted molar refractivity (Wildman–Crippen MR) is 118 cm³/mol. The number of aromatic hydroxyl groups is 1. The molecular weight excluding hydrogens is 480 g/mol. The van der Waals surface area contributed by atoms with Crippen molar-refractivity contribution in [1.82, 2.24) is 0 Å². The zero-order valence-corrected chi connectivity index (χ0v) is 19.7. The summed E-state index contributed by atoms with van der Waals surface area (Å²) in [4.78, 5) is 24.5. The number of carbonyl (C=O) groups is 2. The summed E-state index contributed by atoms with van der Waals surface area (Å²) in [5.41, 5.74) is 0.320. The molecule has 198 valence electrons. The Kier molecular flexibility index (Phi) is 7.83. The minimum Gasteiger partial charge on any atom is -0.508 e. The van der Waals surface area contributed by atoms with Gasteiger partial charge in [0, 0.05) is 11.8 Å².